The minimum absolute atomic E-state index is 0.301. The van der Waals surface area contributed by atoms with Gasteiger partial charge in [-0.25, -0.2) is 0 Å². The summed E-state index contributed by atoms with van der Waals surface area (Å²) in [6, 6.07) is 0. The maximum absolute atomic E-state index is 6.21. The molecule has 2 fully saturated rings. The van der Waals surface area contributed by atoms with Crippen molar-refractivity contribution in [1.82, 2.24) is 9.80 Å². The van der Waals surface area contributed by atoms with Crippen LogP contribution in [0.5, 0.6) is 0 Å². The lowest BCUT2D eigenvalue weighted by Gasteiger charge is -2.47. The Morgan fingerprint density at radius 3 is 2.22 bits per heavy atom. The van der Waals surface area contributed by atoms with Crippen molar-refractivity contribution in [3.63, 3.8) is 0 Å². The van der Waals surface area contributed by atoms with Crippen molar-refractivity contribution in [2.75, 3.05) is 39.8 Å². The van der Waals surface area contributed by atoms with Crippen molar-refractivity contribution in [2.24, 2.45) is 11.1 Å². The number of nitrogens with zero attached hydrogens (tertiary/aromatic N) is 2. The Morgan fingerprint density at radius 1 is 0.944 bits per heavy atom. The molecule has 106 valence electrons. The summed E-state index contributed by atoms with van der Waals surface area (Å²) in [4.78, 5) is 5.13. The molecule has 0 aromatic heterocycles. The molecular weight excluding hydrogens is 222 g/mol. The zero-order valence-corrected chi connectivity index (χ0v) is 12.5. The van der Waals surface area contributed by atoms with Gasteiger partial charge < -0.3 is 10.6 Å². The lowest BCUT2D eigenvalue weighted by Crippen LogP contribution is -2.59. The second kappa shape index (κ2) is 5.48. The molecule has 1 aliphatic carbocycles. The number of rotatable bonds is 2. The van der Waals surface area contributed by atoms with Crippen LogP contribution in [0.2, 0.25) is 0 Å². The number of nitrogens with two attached hydrogens (primary N) is 1. The third-order valence-corrected chi connectivity index (χ3v) is 5.32. The van der Waals surface area contributed by atoms with Gasteiger partial charge in [-0.1, -0.05) is 20.3 Å². The van der Waals surface area contributed by atoms with Crippen molar-refractivity contribution in [2.45, 2.75) is 51.5 Å². The Kier molecular flexibility index (Phi) is 4.35. The molecule has 0 bridgehead atoms. The first-order valence-electron chi connectivity index (χ1n) is 7.61. The van der Waals surface area contributed by atoms with Gasteiger partial charge >= 0.3 is 0 Å². The largest absolute Gasteiger partial charge is 0.329 e. The molecule has 0 aromatic carbocycles. The lowest BCUT2D eigenvalue weighted by atomic mass is 9.82. The normalized spacial score (nSPS) is 35.3. The first kappa shape index (κ1) is 14.3. The molecule has 3 heteroatoms. The SMILES string of the molecule is CN1CCN(C2(CN)CCCC(C)(C)CC2)CC1. The molecule has 1 heterocycles. The first-order chi connectivity index (χ1) is 8.47. The number of hydrogen-bond donors (Lipinski definition) is 1. The van der Waals surface area contributed by atoms with Crippen LogP contribution in [-0.4, -0.2) is 55.1 Å². The highest BCUT2D eigenvalue weighted by Crippen LogP contribution is 2.40. The van der Waals surface area contributed by atoms with Crippen LogP contribution in [0.25, 0.3) is 0 Å². The molecule has 1 aliphatic heterocycles. The zero-order valence-electron chi connectivity index (χ0n) is 12.5. The van der Waals surface area contributed by atoms with Crippen LogP contribution in [0.15, 0.2) is 0 Å². The second-order valence-electron chi connectivity index (χ2n) is 7.24. The van der Waals surface area contributed by atoms with E-state index >= 15 is 0 Å². The molecule has 0 spiro atoms. The fourth-order valence-electron chi connectivity index (χ4n) is 3.65. The van der Waals surface area contributed by atoms with Crippen molar-refractivity contribution in [1.29, 1.82) is 0 Å². The van der Waals surface area contributed by atoms with Crippen molar-refractivity contribution in [3.8, 4) is 0 Å². The molecule has 2 N–H and O–H groups in total. The van der Waals surface area contributed by atoms with E-state index in [4.69, 9.17) is 5.73 Å². The topological polar surface area (TPSA) is 32.5 Å². The zero-order chi connectivity index (χ0) is 13.2. The Hall–Kier alpha value is -0.120. The van der Waals surface area contributed by atoms with E-state index in [2.05, 4.69) is 30.7 Å². The summed E-state index contributed by atoms with van der Waals surface area (Å²) in [6.07, 6.45) is 6.63. The van der Waals surface area contributed by atoms with Crippen LogP contribution in [-0.2, 0) is 0 Å². The second-order valence-corrected chi connectivity index (χ2v) is 7.24. The molecule has 2 rings (SSSR count). The van der Waals surface area contributed by atoms with E-state index in [9.17, 15) is 0 Å². The molecule has 3 nitrogen and oxygen atoms in total. The molecule has 0 aromatic rings. The third-order valence-electron chi connectivity index (χ3n) is 5.32. The predicted octanol–water partition coefficient (Wildman–Crippen LogP) is 1.92. The van der Waals surface area contributed by atoms with E-state index in [0.29, 0.717) is 11.0 Å². The lowest BCUT2D eigenvalue weighted by molar-refractivity contribution is 0.0320. The molecule has 1 atom stereocenters. The molecule has 18 heavy (non-hydrogen) atoms. The summed E-state index contributed by atoms with van der Waals surface area (Å²) >= 11 is 0. The quantitative estimate of drug-likeness (QED) is 0.763. The fraction of sp³-hybridized carbons (Fsp3) is 1.00. The third kappa shape index (κ3) is 3.06. The minimum Gasteiger partial charge on any atom is -0.329 e. The van der Waals surface area contributed by atoms with E-state index < -0.39 is 0 Å². The molecule has 0 radical (unpaired) electrons. The molecular formula is C15H31N3. The van der Waals surface area contributed by atoms with Crippen LogP contribution < -0.4 is 5.73 Å². The van der Waals surface area contributed by atoms with E-state index in [1.807, 2.05) is 0 Å². The van der Waals surface area contributed by atoms with Gasteiger partial charge in [-0.05, 0) is 38.1 Å². The van der Waals surface area contributed by atoms with E-state index in [1.165, 1.54) is 58.3 Å². The van der Waals surface area contributed by atoms with E-state index in [0.717, 1.165) is 6.54 Å². The highest BCUT2D eigenvalue weighted by Gasteiger charge is 2.39. The monoisotopic (exact) mass is 253 g/mol. The Morgan fingerprint density at radius 2 is 1.61 bits per heavy atom. The van der Waals surface area contributed by atoms with Gasteiger partial charge in [0.1, 0.15) is 0 Å². The van der Waals surface area contributed by atoms with Gasteiger partial charge in [0.15, 0.2) is 0 Å². The minimum atomic E-state index is 0.301. The van der Waals surface area contributed by atoms with Gasteiger partial charge in [-0.15, -0.1) is 0 Å². The average molecular weight is 253 g/mol. The number of hydrogen-bond acceptors (Lipinski definition) is 3. The van der Waals surface area contributed by atoms with Crippen LogP contribution in [0.1, 0.15) is 46.0 Å². The highest BCUT2D eigenvalue weighted by atomic mass is 15.3. The number of likely N-dealkylation sites (N-methyl/N-ethyl adjacent to an activating group) is 1. The van der Waals surface area contributed by atoms with Crippen molar-refractivity contribution < 1.29 is 0 Å². The summed E-state index contributed by atoms with van der Waals surface area (Å²) < 4.78 is 0. The molecule has 1 saturated carbocycles. The molecule has 2 aliphatic rings. The molecule has 1 saturated heterocycles. The van der Waals surface area contributed by atoms with Crippen LogP contribution in [0, 0.1) is 5.41 Å². The van der Waals surface area contributed by atoms with Crippen LogP contribution >= 0.6 is 0 Å². The maximum Gasteiger partial charge on any atom is 0.0333 e. The smallest absolute Gasteiger partial charge is 0.0333 e. The summed E-state index contributed by atoms with van der Waals surface area (Å²) in [7, 11) is 2.22. The fourth-order valence-corrected chi connectivity index (χ4v) is 3.65. The van der Waals surface area contributed by atoms with Gasteiger partial charge in [0.25, 0.3) is 0 Å². The molecule has 1 unspecified atom stereocenters. The van der Waals surface area contributed by atoms with Crippen molar-refractivity contribution >= 4 is 0 Å². The Balaban J connectivity index is 2.05. The van der Waals surface area contributed by atoms with Gasteiger partial charge in [-0.2, -0.15) is 0 Å². The standard InChI is InChI=1S/C15H31N3/c1-14(2)5-4-6-15(13-16,8-7-14)18-11-9-17(3)10-12-18/h4-13,16H2,1-3H3. The summed E-state index contributed by atoms with van der Waals surface area (Å²) in [5.41, 5.74) is 7.02. The summed E-state index contributed by atoms with van der Waals surface area (Å²) in [5.74, 6) is 0. The number of piperazine rings is 1. The highest BCUT2D eigenvalue weighted by molar-refractivity contribution is 4.97. The Labute approximate surface area is 113 Å². The van der Waals surface area contributed by atoms with Crippen LogP contribution in [0.4, 0.5) is 0 Å². The summed E-state index contributed by atoms with van der Waals surface area (Å²) in [5, 5.41) is 0. The van der Waals surface area contributed by atoms with Gasteiger partial charge in [-0.3, -0.25) is 4.90 Å². The van der Waals surface area contributed by atoms with E-state index in [1.54, 1.807) is 0 Å². The average Bonchev–Trinajstić information content (AvgIpc) is 2.50. The Bertz CT molecular complexity index is 269. The maximum atomic E-state index is 6.21. The predicted molar refractivity (Wildman–Crippen MR) is 77.7 cm³/mol. The van der Waals surface area contributed by atoms with Crippen LogP contribution in [0.3, 0.4) is 0 Å². The van der Waals surface area contributed by atoms with Gasteiger partial charge in [0.2, 0.25) is 0 Å². The van der Waals surface area contributed by atoms with Crippen molar-refractivity contribution in [3.05, 3.63) is 0 Å². The van der Waals surface area contributed by atoms with Gasteiger partial charge in [0.05, 0.1) is 0 Å². The van der Waals surface area contributed by atoms with Gasteiger partial charge in [0, 0.05) is 38.3 Å². The first-order valence-corrected chi connectivity index (χ1v) is 7.61. The molecule has 0 amide bonds. The summed E-state index contributed by atoms with van der Waals surface area (Å²) in [6.45, 7) is 10.5. The van der Waals surface area contributed by atoms with E-state index in [-0.39, 0.29) is 0 Å².